The molecule has 13 heavy (non-hydrogen) atoms. The van der Waals surface area contributed by atoms with Crippen molar-refractivity contribution < 1.29 is 4.84 Å². The SMILES string of the molecule is CC.CC(C)ON1CCC(CN)C1. The van der Waals surface area contributed by atoms with E-state index in [1.807, 2.05) is 18.9 Å². The molecule has 1 heterocycles. The van der Waals surface area contributed by atoms with Gasteiger partial charge in [-0.25, -0.2) is 0 Å². The van der Waals surface area contributed by atoms with Crippen LogP contribution in [0.15, 0.2) is 0 Å². The molecule has 0 aromatic heterocycles. The van der Waals surface area contributed by atoms with Gasteiger partial charge in [-0.2, -0.15) is 5.06 Å². The lowest BCUT2D eigenvalue weighted by Gasteiger charge is -2.18. The lowest BCUT2D eigenvalue weighted by atomic mass is 10.1. The van der Waals surface area contributed by atoms with Gasteiger partial charge in [-0.05, 0) is 32.7 Å². The van der Waals surface area contributed by atoms with Crippen LogP contribution in [0, 0.1) is 5.92 Å². The van der Waals surface area contributed by atoms with Crippen LogP contribution in [0.3, 0.4) is 0 Å². The van der Waals surface area contributed by atoms with Crippen LogP contribution >= 0.6 is 0 Å². The first-order chi connectivity index (χ1) is 6.22. The molecule has 3 nitrogen and oxygen atoms in total. The molecule has 1 aliphatic rings. The largest absolute Gasteiger partial charge is 0.330 e. The minimum absolute atomic E-state index is 0.298. The highest BCUT2D eigenvalue weighted by Gasteiger charge is 2.22. The summed E-state index contributed by atoms with van der Waals surface area (Å²) in [6, 6.07) is 0. The second kappa shape index (κ2) is 7.30. The summed E-state index contributed by atoms with van der Waals surface area (Å²) in [5.74, 6) is 0.647. The molecule has 3 heteroatoms. The van der Waals surface area contributed by atoms with Crippen molar-refractivity contribution in [3.8, 4) is 0 Å². The average molecular weight is 188 g/mol. The van der Waals surface area contributed by atoms with Crippen molar-refractivity contribution in [2.24, 2.45) is 11.7 Å². The fourth-order valence-corrected chi connectivity index (χ4v) is 1.38. The normalized spacial score (nSPS) is 23.1. The third kappa shape index (κ3) is 5.24. The third-order valence-electron chi connectivity index (χ3n) is 1.94. The topological polar surface area (TPSA) is 38.5 Å². The molecule has 1 unspecified atom stereocenters. The summed E-state index contributed by atoms with van der Waals surface area (Å²) in [7, 11) is 0. The number of hydrogen-bond acceptors (Lipinski definition) is 3. The van der Waals surface area contributed by atoms with E-state index in [2.05, 4.69) is 13.8 Å². The van der Waals surface area contributed by atoms with Crippen LogP contribution in [0.4, 0.5) is 0 Å². The summed E-state index contributed by atoms with van der Waals surface area (Å²) in [4.78, 5) is 5.52. The van der Waals surface area contributed by atoms with Gasteiger partial charge in [-0.1, -0.05) is 13.8 Å². The molecule has 0 saturated carbocycles. The van der Waals surface area contributed by atoms with Gasteiger partial charge in [-0.3, -0.25) is 4.84 Å². The lowest BCUT2D eigenvalue weighted by Crippen LogP contribution is -2.26. The summed E-state index contributed by atoms with van der Waals surface area (Å²) in [6.07, 6.45) is 1.48. The predicted octanol–water partition coefficient (Wildman–Crippen LogP) is 1.63. The molecule has 0 aliphatic carbocycles. The van der Waals surface area contributed by atoms with E-state index in [0.717, 1.165) is 19.6 Å². The van der Waals surface area contributed by atoms with Crippen LogP contribution in [-0.4, -0.2) is 30.8 Å². The average Bonchev–Trinajstić information content (AvgIpc) is 2.55. The van der Waals surface area contributed by atoms with Crippen molar-refractivity contribution in [2.45, 2.75) is 40.2 Å². The second-order valence-corrected chi connectivity index (χ2v) is 3.43. The quantitative estimate of drug-likeness (QED) is 0.731. The van der Waals surface area contributed by atoms with Gasteiger partial charge in [0.2, 0.25) is 0 Å². The molecule has 1 atom stereocenters. The van der Waals surface area contributed by atoms with E-state index < -0.39 is 0 Å². The highest BCUT2D eigenvalue weighted by molar-refractivity contribution is 4.71. The van der Waals surface area contributed by atoms with Crippen LogP contribution in [-0.2, 0) is 4.84 Å². The Labute approximate surface area is 82.2 Å². The van der Waals surface area contributed by atoms with Crippen LogP contribution in [0.25, 0.3) is 0 Å². The Balaban J connectivity index is 0.000000671. The molecule has 1 aliphatic heterocycles. The summed E-state index contributed by atoms with van der Waals surface area (Å²) in [6.45, 7) is 10.9. The van der Waals surface area contributed by atoms with Crippen LogP contribution in [0.2, 0.25) is 0 Å². The maximum absolute atomic E-state index is 5.54. The van der Waals surface area contributed by atoms with Gasteiger partial charge in [0.05, 0.1) is 6.10 Å². The van der Waals surface area contributed by atoms with E-state index >= 15 is 0 Å². The zero-order valence-corrected chi connectivity index (χ0v) is 9.42. The lowest BCUT2D eigenvalue weighted by molar-refractivity contribution is -0.174. The van der Waals surface area contributed by atoms with Gasteiger partial charge in [0.1, 0.15) is 0 Å². The molecule has 0 aromatic carbocycles. The number of rotatable bonds is 3. The fourth-order valence-electron chi connectivity index (χ4n) is 1.38. The molecule has 1 fully saturated rings. The standard InChI is InChI=1S/C8H18N2O.C2H6/c1-7(2)11-10-4-3-8(5-9)6-10;1-2/h7-8H,3-6,9H2,1-2H3;1-2H3. The minimum atomic E-state index is 0.298. The maximum Gasteiger partial charge on any atom is 0.0737 e. The maximum atomic E-state index is 5.54. The van der Waals surface area contributed by atoms with Gasteiger partial charge in [-0.15, -0.1) is 0 Å². The summed E-state index contributed by atoms with van der Waals surface area (Å²) < 4.78 is 0. The Morgan fingerprint density at radius 2 is 2.08 bits per heavy atom. The molecule has 0 spiro atoms. The van der Waals surface area contributed by atoms with Gasteiger partial charge < -0.3 is 5.73 Å². The van der Waals surface area contributed by atoms with Gasteiger partial charge >= 0.3 is 0 Å². The highest BCUT2D eigenvalue weighted by atomic mass is 16.7. The molecule has 80 valence electrons. The first kappa shape index (κ1) is 12.9. The first-order valence-electron chi connectivity index (χ1n) is 5.34. The van der Waals surface area contributed by atoms with Crippen molar-refractivity contribution in [2.75, 3.05) is 19.6 Å². The highest BCUT2D eigenvalue weighted by Crippen LogP contribution is 2.15. The van der Waals surface area contributed by atoms with Crippen molar-refractivity contribution >= 4 is 0 Å². The van der Waals surface area contributed by atoms with E-state index in [1.54, 1.807) is 0 Å². The Morgan fingerprint density at radius 1 is 1.46 bits per heavy atom. The molecule has 2 N–H and O–H groups in total. The molecule has 0 amide bonds. The summed E-state index contributed by atoms with van der Waals surface area (Å²) >= 11 is 0. The molecule has 1 rings (SSSR count). The monoisotopic (exact) mass is 188 g/mol. The van der Waals surface area contributed by atoms with Gasteiger partial charge in [0.25, 0.3) is 0 Å². The Hall–Kier alpha value is -0.120. The zero-order chi connectivity index (χ0) is 10.3. The Bertz CT molecular complexity index is 117. The number of hydroxylamine groups is 2. The molecule has 0 radical (unpaired) electrons. The molecule has 0 bridgehead atoms. The van der Waals surface area contributed by atoms with Gasteiger partial charge in [0, 0.05) is 13.1 Å². The van der Waals surface area contributed by atoms with Crippen molar-refractivity contribution in [1.82, 2.24) is 5.06 Å². The molecule has 0 aromatic rings. The van der Waals surface area contributed by atoms with Crippen LogP contribution in [0.1, 0.15) is 34.1 Å². The summed E-state index contributed by atoms with van der Waals surface area (Å²) in [5, 5.41) is 2.03. The number of nitrogens with zero attached hydrogens (tertiary/aromatic N) is 1. The van der Waals surface area contributed by atoms with Gasteiger partial charge in [0.15, 0.2) is 0 Å². The zero-order valence-electron chi connectivity index (χ0n) is 9.42. The smallest absolute Gasteiger partial charge is 0.0737 e. The van der Waals surface area contributed by atoms with E-state index in [4.69, 9.17) is 10.6 Å². The van der Waals surface area contributed by atoms with Crippen molar-refractivity contribution in [3.05, 3.63) is 0 Å². The Morgan fingerprint density at radius 3 is 2.46 bits per heavy atom. The van der Waals surface area contributed by atoms with E-state index in [-0.39, 0.29) is 0 Å². The summed E-state index contributed by atoms with van der Waals surface area (Å²) in [5.41, 5.74) is 5.54. The minimum Gasteiger partial charge on any atom is -0.330 e. The first-order valence-corrected chi connectivity index (χ1v) is 5.34. The number of hydrogen-bond donors (Lipinski definition) is 1. The fraction of sp³-hybridized carbons (Fsp3) is 1.00. The molecule has 1 saturated heterocycles. The van der Waals surface area contributed by atoms with E-state index in [9.17, 15) is 0 Å². The van der Waals surface area contributed by atoms with E-state index in [0.29, 0.717) is 12.0 Å². The predicted molar refractivity (Wildman–Crippen MR) is 56.3 cm³/mol. The third-order valence-corrected chi connectivity index (χ3v) is 1.94. The van der Waals surface area contributed by atoms with Crippen LogP contribution < -0.4 is 5.73 Å². The van der Waals surface area contributed by atoms with Crippen LogP contribution in [0.5, 0.6) is 0 Å². The number of nitrogens with two attached hydrogens (primary N) is 1. The van der Waals surface area contributed by atoms with Crippen molar-refractivity contribution in [1.29, 1.82) is 0 Å². The Kier molecular flexibility index (Phi) is 7.23. The molecular weight excluding hydrogens is 164 g/mol. The molecular formula is C10H24N2O. The second-order valence-electron chi connectivity index (χ2n) is 3.43. The van der Waals surface area contributed by atoms with E-state index in [1.165, 1.54) is 6.42 Å². The van der Waals surface area contributed by atoms with Crippen molar-refractivity contribution in [3.63, 3.8) is 0 Å².